The quantitative estimate of drug-likeness (QED) is 0.334. The molecule has 1 aliphatic rings. The molecule has 0 N–H and O–H groups in total. The molecule has 2 aromatic rings. The smallest absolute Gasteiger partial charge is 0.328 e. The average molecular weight is 534 g/mol. The lowest BCUT2D eigenvalue weighted by molar-refractivity contribution is -0.148. The van der Waals surface area contributed by atoms with Crippen LogP contribution in [-0.4, -0.2) is 41.8 Å². The first-order valence-corrected chi connectivity index (χ1v) is 11.9. The van der Waals surface area contributed by atoms with Crippen molar-refractivity contribution in [1.82, 2.24) is 4.90 Å². The Morgan fingerprint density at radius 2 is 1.82 bits per heavy atom. The van der Waals surface area contributed by atoms with Crippen molar-refractivity contribution in [2.45, 2.75) is 33.4 Å². The van der Waals surface area contributed by atoms with E-state index in [-0.39, 0.29) is 4.91 Å². The fourth-order valence-corrected chi connectivity index (χ4v) is 4.45. The van der Waals surface area contributed by atoms with E-state index in [1.54, 1.807) is 18.2 Å². The van der Waals surface area contributed by atoms with Crippen molar-refractivity contribution in [2.24, 2.45) is 0 Å². The molecule has 1 atom stereocenters. The molecule has 0 saturated carbocycles. The summed E-state index contributed by atoms with van der Waals surface area (Å²) in [5, 5.41) is -0.525. The van der Waals surface area contributed by atoms with Gasteiger partial charge in [-0.15, -0.1) is 0 Å². The number of halogens is 1. The highest BCUT2D eigenvalue weighted by molar-refractivity contribution is 9.10. The van der Waals surface area contributed by atoms with Crippen molar-refractivity contribution < 1.29 is 28.6 Å². The van der Waals surface area contributed by atoms with Gasteiger partial charge >= 0.3 is 5.97 Å². The first-order chi connectivity index (χ1) is 15.7. The van der Waals surface area contributed by atoms with Gasteiger partial charge in [-0.05, 0) is 61.9 Å². The largest absolute Gasteiger partial charge is 0.490 e. The lowest BCUT2D eigenvalue weighted by atomic mass is 10.1. The topological polar surface area (TPSA) is 82.1 Å². The lowest BCUT2D eigenvalue weighted by Crippen LogP contribution is -2.42. The Labute approximate surface area is 205 Å². The van der Waals surface area contributed by atoms with Crippen molar-refractivity contribution in [3.63, 3.8) is 0 Å². The molecular weight excluding hydrogens is 510 g/mol. The molecule has 1 heterocycles. The van der Waals surface area contributed by atoms with Crippen LogP contribution in [0.2, 0.25) is 0 Å². The van der Waals surface area contributed by atoms with E-state index in [0.29, 0.717) is 34.7 Å². The minimum Gasteiger partial charge on any atom is -0.490 e. The summed E-state index contributed by atoms with van der Waals surface area (Å²) in [6.45, 7) is 6.14. The lowest BCUT2D eigenvalue weighted by Gasteiger charge is -2.18. The number of thioether (sulfide) groups is 1. The molecule has 0 unspecified atom stereocenters. The van der Waals surface area contributed by atoms with E-state index in [9.17, 15) is 14.4 Å². The summed E-state index contributed by atoms with van der Waals surface area (Å²) < 4.78 is 17.1. The molecule has 0 aromatic heterocycles. The Kier molecular flexibility index (Phi) is 8.20. The van der Waals surface area contributed by atoms with Gasteiger partial charge in [0.15, 0.2) is 11.5 Å². The second-order valence-electron chi connectivity index (χ2n) is 7.28. The number of carbonyl (C=O) groups is 3. The maximum Gasteiger partial charge on any atom is 0.328 e. The Hall–Kier alpha value is -2.78. The molecule has 0 radical (unpaired) electrons. The summed E-state index contributed by atoms with van der Waals surface area (Å²) in [6, 6.07) is 10.6. The van der Waals surface area contributed by atoms with Crippen LogP contribution in [-0.2, 0) is 20.9 Å². The molecule has 0 aliphatic carbocycles. The molecule has 2 aromatic carbocycles. The standard InChI is InChI=1S/C24H24BrNO6S/c1-5-31-19-10-17(11-21-22(27)26(24(29)33-21)15(3)23(28)30-4)18(25)12-20(19)32-13-16-8-6-14(2)7-9-16/h6-12,15H,5,13H2,1-4H3/b21-11+/t15-/m0/s1. The minimum absolute atomic E-state index is 0.201. The molecule has 1 aliphatic heterocycles. The van der Waals surface area contributed by atoms with Crippen LogP contribution in [0, 0.1) is 6.92 Å². The van der Waals surface area contributed by atoms with Gasteiger partial charge in [0.25, 0.3) is 11.1 Å². The molecule has 0 spiro atoms. The third-order valence-corrected chi connectivity index (χ3v) is 6.49. The normalized spacial score (nSPS) is 15.7. The van der Waals surface area contributed by atoms with E-state index in [4.69, 9.17) is 9.47 Å². The highest BCUT2D eigenvalue weighted by Gasteiger charge is 2.41. The number of aryl methyl sites for hydroxylation is 1. The second kappa shape index (κ2) is 10.9. The molecular formula is C24H24BrNO6S. The molecule has 2 amide bonds. The van der Waals surface area contributed by atoms with E-state index in [1.807, 2.05) is 38.1 Å². The number of rotatable bonds is 8. The Bertz CT molecular complexity index is 1100. The number of carbonyl (C=O) groups excluding carboxylic acids is 3. The third kappa shape index (κ3) is 5.78. The summed E-state index contributed by atoms with van der Waals surface area (Å²) in [6.07, 6.45) is 1.59. The number of esters is 1. The first-order valence-electron chi connectivity index (χ1n) is 10.2. The van der Waals surface area contributed by atoms with Crippen LogP contribution in [0.4, 0.5) is 4.79 Å². The van der Waals surface area contributed by atoms with Crippen LogP contribution in [0.15, 0.2) is 45.8 Å². The van der Waals surface area contributed by atoms with Crippen LogP contribution >= 0.6 is 27.7 Å². The van der Waals surface area contributed by atoms with Crippen LogP contribution in [0.5, 0.6) is 11.5 Å². The number of amides is 2. The van der Waals surface area contributed by atoms with Crippen LogP contribution in [0.3, 0.4) is 0 Å². The summed E-state index contributed by atoms with van der Waals surface area (Å²) in [5.41, 5.74) is 2.83. The van der Waals surface area contributed by atoms with Crippen molar-refractivity contribution >= 4 is 50.9 Å². The van der Waals surface area contributed by atoms with E-state index < -0.39 is 23.2 Å². The van der Waals surface area contributed by atoms with Gasteiger partial charge in [-0.3, -0.25) is 14.5 Å². The monoisotopic (exact) mass is 533 g/mol. The summed E-state index contributed by atoms with van der Waals surface area (Å²) in [5.74, 6) is -0.143. The predicted octanol–water partition coefficient (Wildman–Crippen LogP) is 5.33. The predicted molar refractivity (Wildman–Crippen MR) is 130 cm³/mol. The molecule has 7 nitrogen and oxygen atoms in total. The molecule has 1 fully saturated rings. The summed E-state index contributed by atoms with van der Waals surface area (Å²) >= 11 is 4.29. The molecule has 0 bridgehead atoms. The third-order valence-electron chi connectivity index (χ3n) is 4.92. The maximum absolute atomic E-state index is 12.8. The number of methoxy groups -OCH3 is 1. The van der Waals surface area contributed by atoms with Gasteiger partial charge in [0.05, 0.1) is 18.6 Å². The number of nitrogens with zero attached hydrogens (tertiary/aromatic N) is 1. The first kappa shape index (κ1) is 24.9. The van der Waals surface area contributed by atoms with Crippen LogP contribution < -0.4 is 9.47 Å². The van der Waals surface area contributed by atoms with Crippen LogP contribution in [0.25, 0.3) is 6.08 Å². The van der Waals surface area contributed by atoms with Gasteiger partial charge < -0.3 is 14.2 Å². The number of hydrogen-bond acceptors (Lipinski definition) is 7. The molecule has 3 rings (SSSR count). The Morgan fingerprint density at radius 3 is 2.45 bits per heavy atom. The molecule has 33 heavy (non-hydrogen) atoms. The van der Waals surface area contributed by atoms with Gasteiger partial charge in [0.1, 0.15) is 12.6 Å². The van der Waals surface area contributed by atoms with Gasteiger partial charge in [0.2, 0.25) is 0 Å². The maximum atomic E-state index is 12.8. The van der Waals surface area contributed by atoms with Gasteiger partial charge in [-0.1, -0.05) is 45.8 Å². The highest BCUT2D eigenvalue weighted by atomic mass is 79.9. The van der Waals surface area contributed by atoms with Crippen molar-refractivity contribution in [1.29, 1.82) is 0 Å². The van der Waals surface area contributed by atoms with Gasteiger partial charge in [-0.2, -0.15) is 0 Å². The minimum atomic E-state index is -1.01. The fraction of sp³-hybridized carbons (Fsp3) is 0.292. The van der Waals surface area contributed by atoms with Crippen molar-refractivity contribution in [3.8, 4) is 11.5 Å². The highest BCUT2D eigenvalue weighted by Crippen LogP contribution is 2.39. The number of hydrogen-bond donors (Lipinski definition) is 0. The zero-order valence-corrected chi connectivity index (χ0v) is 21.1. The Balaban J connectivity index is 1.86. The number of ether oxygens (including phenoxy) is 3. The zero-order chi connectivity index (χ0) is 24.1. The van der Waals surface area contributed by atoms with Crippen molar-refractivity contribution in [3.05, 3.63) is 62.5 Å². The van der Waals surface area contributed by atoms with E-state index in [2.05, 4.69) is 20.7 Å². The SMILES string of the molecule is CCOc1cc(/C=C2/SC(=O)N([C@@H](C)C(=O)OC)C2=O)c(Br)cc1OCc1ccc(C)cc1. The second-order valence-corrected chi connectivity index (χ2v) is 9.13. The molecule has 1 saturated heterocycles. The van der Waals surface area contributed by atoms with Crippen molar-refractivity contribution in [2.75, 3.05) is 13.7 Å². The Morgan fingerprint density at radius 1 is 1.15 bits per heavy atom. The fourth-order valence-electron chi connectivity index (χ4n) is 3.12. The van der Waals surface area contributed by atoms with Gasteiger partial charge in [0, 0.05) is 4.47 Å². The zero-order valence-electron chi connectivity index (χ0n) is 18.7. The van der Waals surface area contributed by atoms with E-state index >= 15 is 0 Å². The van der Waals surface area contributed by atoms with Crippen LogP contribution in [0.1, 0.15) is 30.5 Å². The van der Waals surface area contributed by atoms with E-state index in [1.165, 1.54) is 19.6 Å². The number of imide groups is 1. The van der Waals surface area contributed by atoms with Gasteiger partial charge in [-0.25, -0.2) is 4.79 Å². The number of benzene rings is 2. The average Bonchev–Trinajstić information content (AvgIpc) is 3.07. The van der Waals surface area contributed by atoms with E-state index in [0.717, 1.165) is 22.2 Å². The summed E-state index contributed by atoms with van der Waals surface area (Å²) in [7, 11) is 1.21. The summed E-state index contributed by atoms with van der Waals surface area (Å²) in [4.78, 5) is 38.1. The molecule has 9 heteroatoms. The molecule has 174 valence electrons.